The van der Waals surface area contributed by atoms with Crippen molar-refractivity contribution >= 4 is 16.7 Å². The Labute approximate surface area is 145 Å². The van der Waals surface area contributed by atoms with Crippen LogP contribution in [0.25, 0.3) is 10.8 Å². The average molecular weight is 344 g/mol. The van der Waals surface area contributed by atoms with Crippen LogP contribution in [0.15, 0.2) is 18.2 Å². The van der Waals surface area contributed by atoms with Crippen molar-refractivity contribution in [1.82, 2.24) is 0 Å². The third-order valence-corrected chi connectivity index (χ3v) is 4.94. The Kier molecular flexibility index (Phi) is 3.72. The molecule has 2 aromatic rings. The largest absolute Gasteiger partial charge is 0.496 e. The lowest BCUT2D eigenvalue weighted by molar-refractivity contribution is -0.143. The summed E-state index contributed by atoms with van der Waals surface area (Å²) in [6.45, 7) is 1.95. The summed E-state index contributed by atoms with van der Waals surface area (Å²) in [4.78, 5) is 11.8. The highest BCUT2D eigenvalue weighted by molar-refractivity contribution is 6.01. The van der Waals surface area contributed by atoms with E-state index in [4.69, 9.17) is 23.7 Å². The van der Waals surface area contributed by atoms with Crippen molar-refractivity contribution in [1.29, 1.82) is 0 Å². The maximum Gasteiger partial charge on any atom is 0.309 e. The molecule has 2 aromatic carbocycles. The maximum atomic E-state index is 11.8. The van der Waals surface area contributed by atoms with Crippen molar-refractivity contribution in [3.63, 3.8) is 0 Å². The number of benzene rings is 2. The molecule has 0 aliphatic carbocycles. The summed E-state index contributed by atoms with van der Waals surface area (Å²) in [6, 6.07) is 5.73. The first-order chi connectivity index (χ1) is 12.1. The molecule has 2 heterocycles. The summed E-state index contributed by atoms with van der Waals surface area (Å²) < 4.78 is 28.7. The number of hydrogen-bond donors (Lipinski definition) is 0. The minimum atomic E-state index is -0.488. The Morgan fingerprint density at radius 1 is 1.04 bits per heavy atom. The number of fused-ring (bicyclic) bond motifs is 4. The molecule has 0 amide bonds. The Morgan fingerprint density at radius 2 is 1.80 bits per heavy atom. The van der Waals surface area contributed by atoms with Crippen LogP contribution in [-0.2, 0) is 14.3 Å². The first-order valence-electron chi connectivity index (χ1n) is 8.20. The van der Waals surface area contributed by atoms with E-state index >= 15 is 0 Å². The molecule has 0 saturated carbocycles. The highest BCUT2D eigenvalue weighted by atomic mass is 16.6. The second-order valence-electron chi connectivity index (χ2n) is 6.21. The Morgan fingerprint density at radius 3 is 2.48 bits per heavy atom. The smallest absolute Gasteiger partial charge is 0.309 e. The van der Waals surface area contributed by atoms with Gasteiger partial charge in [-0.3, -0.25) is 4.79 Å². The number of esters is 1. The molecule has 0 unspecified atom stereocenters. The van der Waals surface area contributed by atoms with Crippen LogP contribution in [-0.4, -0.2) is 33.4 Å². The SMILES string of the molecule is COc1c2c(c(OC)c3c(OC)cccc13)[C@H](C)O[C@@H]1CC(=O)O[C@H]21. The van der Waals surface area contributed by atoms with Crippen LogP contribution in [0.1, 0.15) is 36.7 Å². The van der Waals surface area contributed by atoms with E-state index in [0.717, 1.165) is 21.9 Å². The maximum absolute atomic E-state index is 11.8. The summed E-state index contributed by atoms with van der Waals surface area (Å²) in [5.74, 6) is 1.76. The van der Waals surface area contributed by atoms with Gasteiger partial charge in [0.15, 0.2) is 6.10 Å². The minimum Gasteiger partial charge on any atom is -0.496 e. The van der Waals surface area contributed by atoms with Crippen molar-refractivity contribution in [2.75, 3.05) is 21.3 Å². The quantitative estimate of drug-likeness (QED) is 0.796. The summed E-state index contributed by atoms with van der Waals surface area (Å²) in [5, 5.41) is 1.68. The highest BCUT2D eigenvalue weighted by Gasteiger charge is 2.47. The van der Waals surface area contributed by atoms with Crippen LogP contribution in [0.2, 0.25) is 0 Å². The third-order valence-electron chi connectivity index (χ3n) is 4.94. The number of rotatable bonds is 3. The van der Waals surface area contributed by atoms with Crippen molar-refractivity contribution in [2.45, 2.75) is 31.7 Å². The number of carbonyl (C=O) groups is 1. The molecule has 1 saturated heterocycles. The Balaban J connectivity index is 2.13. The molecule has 1 fully saturated rings. The van der Waals surface area contributed by atoms with Gasteiger partial charge in [0.05, 0.1) is 39.2 Å². The van der Waals surface area contributed by atoms with Crippen LogP contribution in [0.3, 0.4) is 0 Å². The van der Waals surface area contributed by atoms with Crippen LogP contribution in [0.5, 0.6) is 17.2 Å². The zero-order chi connectivity index (χ0) is 17.7. The Bertz CT molecular complexity index is 859. The fourth-order valence-electron chi connectivity index (χ4n) is 4.00. The van der Waals surface area contributed by atoms with Crippen molar-refractivity contribution in [2.24, 2.45) is 0 Å². The van der Waals surface area contributed by atoms with E-state index in [1.807, 2.05) is 25.1 Å². The zero-order valence-electron chi connectivity index (χ0n) is 14.6. The van der Waals surface area contributed by atoms with Gasteiger partial charge in [0.25, 0.3) is 0 Å². The first-order valence-corrected chi connectivity index (χ1v) is 8.20. The lowest BCUT2D eigenvalue weighted by Crippen LogP contribution is -2.27. The first kappa shape index (κ1) is 16.0. The minimum absolute atomic E-state index is 0.246. The van der Waals surface area contributed by atoms with E-state index in [2.05, 4.69) is 0 Å². The van der Waals surface area contributed by atoms with E-state index in [9.17, 15) is 4.79 Å². The van der Waals surface area contributed by atoms with Crippen LogP contribution >= 0.6 is 0 Å². The van der Waals surface area contributed by atoms with Crippen molar-refractivity contribution < 1.29 is 28.5 Å². The van der Waals surface area contributed by atoms with Gasteiger partial charge in [0.2, 0.25) is 0 Å². The van der Waals surface area contributed by atoms with Crippen LogP contribution in [0, 0.1) is 0 Å². The number of hydrogen-bond acceptors (Lipinski definition) is 6. The van der Waals surface area contributed by atoms with Gasteiger partial charge in [-0.2, -0.15) is 0 Å². The molecule has 4 rings (SSSR count). The van der Waals surface area contributed by atoms with Gasteiger partial charge in [-0.1, -0.05) is 12.1 Å². The molecule has 132 valence electrons. The van der Waals surface area contributed by atoms with Gasteiger partial charge in [0, 0.05) is 16.5 Å². The second-order valence-corrected chi connectivity index (χ2v) is 6.21. The molecule has 3 atom stereocenters. The molecule has 25 heavy (non-hydrogen) atoms. The molecular weight excluding hydrogens is 324 g/mol. The lowest BCUT2D eigenvalue weighted by atomic mass is 9.87. The van der Waals surface area contributed by atoms with Gasteiger partial charge >= 0.3 is 5.97 Å². The fraction of sp³-hybridized carbons (Fsp3) is 0.421. The normalized spacial score (nSPS) is 24.5. The molecule has 0 spiro atoms. The van der Waals surface area contributed by atoms with Gasteiger partial charge < -0.3 is 23.7 Å². The van der Waals surface area contributed by atoms with Gasteiger partial charge in [-0.05, 0) is 13.0 Å². The highest BCUT2D eigenvalue weighted by Crippen LogP contribution is 2.55. The summed E-state index contributed by atoms with van der Waals surface area (Å²) in [7, 11) is 4.86. The van der Waals surface area contributed by atoms with Crippen molar-refractivity contribution in [3.8, 4) is 17.2 Å². The van der Waals surface area contributed by atoms with Gasteiger partial charge in [-0.25, -0.2) is 0 Å². The second kappa shape index (κ2) is 5.81. The number of ether oxygens (including phenoxy) is 5. The lowest BCUT2D eigenvalue weighted by Gasteiger charge is -2.34. The molecule has 0 aromatic heterocycles. The molecule has 2 aliphatic heterocycles. The molecule has 6 heteroatoms. The van der Waals surface area contributed by atoms with E-state index in [0.29, 0.717) is 17.2 Å². The molecular formula is C19H20O6. The van der Waals surface area contributed by atoms with Crippen LogP contribution in [0.4, 0.5) is 0 Å². The number of methoxy groups -OCH3 is 3. The summed E-state index contributed by atoms with van der Waals surface area (Å²) in [6.07, 6.45) is -0.811. The third kappa shape index (κ3) is 2.17. The van der Waals surface area contributed by atoms with E-state index < -0.39 is 6.10 Å². The molecule has 0 radical (unpaired) electrons. The van der Waals surface area contributed by atoms with E-state index in [1.54, 1.807) is 21.3 Å². The fourth-order valence-corrected chi connectivity index (χ4v) is 4.00. The predicted molar refractivity (Wildman–Crippen MR) is 90.3 cm³/mol. The predicted octanol–water partition coefficient (Wildman–Crippen LogP) is 3.31. The summed E-state index contributed by atoms with van der Waals surface area (Å²) in [5.41, 5.74) is 1.67. The molecule has 6 nitrogen and oxygen atoms in total. The van der Waals surface area contributed by atoms with Crippen LogP contribution < -0.4 is 14.2 Å². The molecule has 0 bridgehead atoms. The Hall–Kier alpha value is -2.47. The zero-order valence-corrected chi connectivity index (χ0v) is 14.6. The monoisotopic (exact) mass is 344 g/mol. The standard InChI is InChI=1S/C19H20O6/c1-9-14-16(18-12(24-9)8-13(20)25-18)17(22-3)10-6-5-7-11(21-2)15(10)19(14)23-4/h5-7,9,12,18H,8H2,1-4H3/t9-,12+,18-/m0/s1. The van der Waals surface area contributed by atoms with E-state index in [1.165, 1.54) is 0 Å². The topological polar surface area (TPSA) is 63.2 Å². The average Bonchev–Trinajstić information content (AvgIpc) is 2.99. The van der Waals surface area contributed by atoms with Gasteiger partial charge in [-0.15, -0.1) is 0 Å². The summed E-state index contributed by atoms with van der Waals surface area (Å²) >= 11 is 0. The molecule has 0 N–H and O–H groups in total. The van der Waals surface area contributed by atoms with Gasteiger partial charge in [0.1, 0.15) is 23.4 Å². The van der Waals surface area contributed by atoms with Crippen molar-refractivity contribution in [3.05, 3.63) is 29.3 Å². The molecule has 2 aliphatic rings. The van der Waals surface area contributed by atoms with E-state index in [-0.39, 0.29) is 24.6 Å². The number of carbonyl (C=O) groups excluding carboxylic acids is 1.